The first-order chi connectivity index (χ1) is 10.1. The monoisotopic (exact) mass is 280 g/mol. The number of rotatable bonds is 3. The molecule has 0 unspecified atom stereocenters. The van der Waals surface area contributed by atoms with Crippen LogP contribution in [0.5, 0.6) is 5.75 Å². The lowest BCUT2D eigenvalue weighted by Crippen LogP contribution is -1.87. The maximum atomic E-state index is 9.28. The first-order valence-electron chi connectivity index (χ1n) is 6.83. The summed E-state index contributed by atoms with van der Waals surface area (Å²) in [6.07, 6.45) is 1.93. The minimum atomic E-state index is 0.214. The standard InChI is InChI=1S/C16H16N4O/c1-11(2)15-16(20-10-4-3-5-14(20)17-15)19-18-12-6-8-13(21)9-7-12/h3-11,21H,1-2H3. The third-order valence-electron chi connectivity index (χ3n) is 3.19. The predicted molar refractivity (Wildman–Crippen MR) is 81.6 cm³/mol. The van der Waals surface area contributed by atoms with Crippen LogP contribution in [0.25, 0.3) is 5.65 Å². The van der Waals surface area contributed by atoms with Crippen LogP contribution < -0.4 is 0 Å². The van der Waals surface area contributed by atoms with E-state index in [0.717, 1.165) is 17.2 Å². The second-order valence-corrected chi connectivity index (χ2v) is 5.12. The normalized spacial score (nSPS) is 11.8. The first kappa shape index (κ1) is 13.3. The molecule has 3 aromatic rings. The van der Waals surface area contributed by atoms with Crippen molar-refractivity contribution in [2.45, 2.75) is 19.8 Å². The van der Waals surface area contributed by atoms with Crippen LogP contribution in [-0.2, 0) is 0 Å². The minimum Gasteiger partial charge on any atom is -0.508 e. The zero-order valence-electron chi connectivity index (χ0n) is 11.9. The third-order valence-corrected chi connectivity index (χ3v) is 3.19. The molecule has 0 amide bonds. The Hall–Kier alpha value is -2.69. The third kappa shape index (κ3) is 2.63. The molecule has 2 heterocycles. The van der Waals surface area contributed by atoms with Gasteiger partial charge in [0.15, 0.2) is 5.82 Å². The molecule has 0 atom stereocenters. The van der Waals surface area contributed by atoms with E-state index in [0.29, 0.717) is 5.69 Å². The molecule has 106 valence electrons. The molecule has 1 aromatic carbocycles. The molecule has 0 aliphatic heterocycles. The van der Waals surface area contributed by atoms with Gasteiger partial charge in [0, 0.05) is 6.20 Å². The van der Waals surface area contributed by atoms with Gasteiger partial charge in [-0.15, -0.1) is 10.2 Å². The molecule has 5 nitrogen and oxygen atoms in total. The lowest BCUT2D eigenvalue weighted by Gasteiger charge is -2.01. The second kappa shape index (κ2) is 5.36. The molecule has 0 saturated carbocycles. The average molecular weight is 280 g/mol. The number of hydrogen-bond donors (Lipinski definition) is 1. The lowest BCUT2D eigenvalue weighted by molar-refractivity contribution is 0.475. The molecule has 0 spiro atoms. The molecule has 5 heteroatoms. The minimum absolute atomic E-state index is 0.214. The fraction of sp³-hybridized carbons (Fsp3) is 0.188. The lowest BCUT2D eigenvalue weighted by atomic mass is 10.1. The molecule has 0 bridgehead atoms. The van der Waals surface area contributed by atoms with Gasteiger partial charge in [0.2, 0.25) is 0 Å². The number of benzene rings is 1. The van der Waals surface area contributed by atoms with Crippen molar-refractivity contribution in [1.29, 1.82) is 0 Å². The number of fused-ring (bicyclic) bond motifs is 1. The molecule has 2 aromatic heterocycles. The molecule has 0 fully saturated rings. The van der Waals surface area contributed by atoms with Crippen LogP contribution in [0.1, 0.15) is 25.5 Å². The summed E-state index contributed by atoms with van der Waals surface area (Å²) in [5.74, 6) is 1.22. The SMILES string of the molecule is CC(C)c1nc2ccccn2c1N=Nc1ccc(O)cc1. The van der Waals surface area contributed by atoms with Crippen molar-refractivity contribution < 1.29 is 5.11 Å². The highest BCUT2D eigenvalue weighted by atomic mass is 16.3. The number of hydrogen-bond acceptors (Lipinski definition) is 4. The molecule has 1 N–H and O–H groups in total. The molecule has 3 rings (SSSR count). The van der Waals surface area contributed by atoms with Gasteiger partial charge < -0.3 is 5.11 Å². The van der Waals surface area contributed by atoms with Crippen LogP contribution in [0.15, 0.2) is 58.9 Å². The summed E-state index contributed by atoms with van der Waals surface area (Å²) in [7, 11) is 0. The van der Waals surface area contributed by atoms with Crippen molar-refractivity contribution in [3.63, 3.8) is 0 Å². The summed E-state index contributed by atoms with van der Waals surface area (Å²) in [5.41, 5.74) is 2.47. The van der Waals surface area contributed by atoms with Gasteiger partial charge in [0.1, 0.15) is 11.4 Å². The Balaban J connectivity index is 2.06. The van der Waals surface area contributed by atoms with Gasteiger partial charge in [-0.1, -0.05) is 19.9 Å². The largest absolute Gasteiger partial charge is 0.508 e. The van der Waals surface area contributed by atoms with E-state index in [1.54, 1.807) is 24.3 Å². The van der Waals surface area contributed by atoms with Crippen LogP contribution in [0, 0.1) is 0 Å². The summed E-state index contributed by atoms with van der Waals surface area (Å²) in [4.78, 5) is 4.61. The van der Waals surface area contributed by atoms with Gasteiger partial charge in [-0.2, -0.15) is 0 Å². The smallest absolute Gasteiger partial charge is 0.183 e. The van der Waals surface area contributed by atoms with Crippen LogP contribution in [0.4, 0.5) is 11.5 Å². The first-order valence-corrected chi connectivity index (χ1v) is 6.83. The Bertz CT molecular complexity index is 788. The molecular weight excluding hydrogens is 264 g/mol. The molecule has 0 aliphatic rings. The van der Waals surface area contributed by atoms with Gasteiger partial charge in [0.05, 0.1) is 11.4 Å². The molecule has 0 saturated heterocycles. The summed E-state index contributed by atoms with van der Waals surface area (Å²) in [6.45, 7) is 4.17. The Labute approximate surface area is 122 Å². The number of azo groups is 1. The van der Waals surface area contributed by atoms with Crippen molar-refractivity contribution in [3.05, 3.63) is 54.4 Å². The molecule has 21 heavy (non-hydrogen) atoms. The highest BCUT2D eigenvalue weighted by Gasteiger charge is 2.14. The van der Waals surface area contributed by atoms with Crippen LogP contribution in [-0.4, -0.2) is 14.5 Å². The summed E-state index contributed by atoms with van der Waals surface area (Å²) >= 11 is 0. The van der Waals surface area contributed by atoms with Gasteiger partial charge in [0.25, 0.3) is 0 Å². The summed E-state index contributed by atoms with van der Waals surface area (Å²) in [6, 6.07) is 12.5. The highest BCUT2D eigenvalue weighted by molar-refractivity contribution is 5.53. The topological polar surface area (TPSA) is 62.2 Å². The van der Waals surface area contributed by atoms with Crippen molar-refractivity contribution in [2.75, 3.05) is 0 Å². The number of pyridine rings is 1. The van der Waals surface area contributed by atoms with E-state index in [9.17, 15) is 5.11 Å². The van der Waals surface area contributed by atoms with Crippen molar-refractivity contribution in [2.24, 2.45) is 10.2 Å². The van der Waals surface area contributed by atoms with Crippen LogP contribution in [0.2, 0.25) is 0 Å². The Morgan fingerprint density at radius 1 is 1.05 bits per heavy atom. The Kier molecular flexibility index (Phi) is 3.39. The zero-order chi connectivity index (χ0) is 14.8. The van der Waals surface area contributed by atoms with E-state index < -0.39 is 0 Å². The maximum absolute atomic E-state index is 9.28. The zero-order valence-corrected chi connectivity index (χ0v) is 11.9. The number of nitrogens with zero attached hydrogens (tertiary/aromatic N) is 4. The second-order valence-electron chi connectivity index (χ2n) is 5.12. The Morgan fingerprint density at radius 3 is 2.52 bits per heavy atom. The molecular formula is C16H16N4O. The molecule has 0 radical (unpaired) electrons. The van der Waals surface area contributed by atoms with E-state index in [-0.39, 0.29) is 11.7 Å². The van der Waals surface area contributed by atoms with Gasteiger partial charge in [-0.25, -0.2) is 4.98 Å². The summed E-state index contributed by atoms with van der Waals surface area (Å²) < 4.78 is 1.93. The maximum Gasteiger partial charge on any atom is 0.183 e. The van der Waals surface area contributed by atoms with Crippen molar-refractivity contribution >= 4 is 17.2 Å². The fourth-order valence-corrected chi connectivity index (χ4v) is 2.11. The van der Waals surface area contributed by atoms with E-state index in [4.69, 9.17) is 0 Å². The number of phenolic OH excluding ortho intramolecular Hbond substituents is 1. The fourth-order valence-electron chi connectivity index (χ4n) is 2.11. The van der Waals surface area contributed by atoms with Crippen molar-refractivity contribution in [1.82, 2.24) is 9.38 Å². The van der Waals surface area contributed by atoms with E-state index in [1.807, 2.05) is 28.8 Å². The number of phenols is 1. The van der Waals surface area contributed by atoms with E-state index in [2.05, 4.69) is 29.1 Å². The van der Waals surface area contributed by atoms with Crippen LogP contribution in [0.3, 0.4) is 0 Å². The predicted octanol–water partition coefficient (Wildman–Crippen LogP) is 4.58. The highest BCUT2D eigenvalue weighted by Crippen LogP contribution is 2.29. The number of aromatic nitrogens is 2. The van der Waals surface area contributed by atoms with E-state index >= 15 is 0 Å². The number of aromatic hydroxyl groups is 1. The van der Waals surface area contributed by atoms with Gasteiger partial charge >= 0.3 is 0 Å². The van der Waals surface area contributed by atoms with Gasteiger partial charge in [-0.05, 0) is 42.3 Å². The quantitative estimate of drug-likeness (QED) is 0.714. The summed E-state index contributed by atoms with van der Waals surface area (Å²) in [5, 5.41) is 17.9. The average Bonchev–Trinajstić information content (AvgIpc) is 2.86. The van der Waals surface area contributed by atoms with Crippen LogP contribution >= 0.6 is 0 Å². The van der Waals surface area contributed by atoms with Gasteiger partial charge in [-0.3, -0.25) is 4.40 Å². The Morgan fingerprint density at radius 2 is 1.81 bits per heavy atom. The number of imidazole rings is 1. The van der Waals surface area contributed by atoms with E-state index in [1.165, 1.54) is 0 Å². The van der Waals surface area contributed by atoms with Crippen molar-refractivity contribution in [3.8, 4) is 5.75 Å². The molecule has 0 aliphatic carbocycles.